The molecule has 3 aromatic carbocycles. The van der Waals surface area contributed by atoms with Gasteiger partial charge in [0.05, 0.1) is 19.0 Å². The summed E-state index contributed by atoms with van der Waals surface area (Å²) in [6.07, 6.45) is 0. The minimum Gasteiger partial charge on any atom is -0.379 e. The number of nitrogens with zero attached hydrogens (tertiary/aromatic N) is 2. The van der Waals surface area contributed by atoms with Crippen molar-refractivity contribution in [2.24, 2.45) is 0 Å². The van der Waals surface area contributed by atoms with Gasteiger partial charge >= 0.3 is 0 Å². The van der Waals surface area contributed by atoms with E-state index in [0.29, 0.717) is 29.4 Å². The molecule has 5 rings (SSSR count). The number of hydrogen-bond donors (Lipinski definition) is 1. The molecular formula is C29H30ClN3O3S. The summed E-state index contributed by atoms with van der Waals surface area (Å²) in [5, 5.41) is 3.62. The fourth-order valence-corrected chi connectivity index (χ4v) is 5.87. The van der Waals surface area contributed by atoms with Crippen LogP contribution in [0, 0.1) is 0 Å². The van der Waals surface area contributed by atoms with Gasteiger partial charge in [0, 0.05) is 43.3 Å². The molecule has 3 aromatic rings. The van der Waals surface area contributed by atoms with Crippen molar-refractivity contribution in [2.45, 2.75) is 25.0 Å². The van der Waals surface area contributed by atoms with E-state index in [-0.39, 0.29) is 17.2 Å². The number of carbonyl (C=O) groups excluding carboxylic acids is 2. The smallest absolute Gasteiger partial charge is 0.251 e. The van der Waals surface area contributed by atoms with Crippen molar-refractivity contribution in [2.75, 3.05) is 32.1 Å². The highest BCUT2D eigenvalue weighted by atomic mass is 35.5. The van der Waals surface area contributed by atoms with E-state index < -0.39 is 0 Å². The van der Waals surface area contributed by atoms with Crippen molar-refractivity contribution in [1.29, 1.82) is 0 Å². The zero-order valence-corrected chi connectivity index (χ0v) is 22.1. The largest absolute Gasteiger partial charge is 0.379 e. The van der Waals surface area contributed by atoms with Crippen LogP contribution >= 0.6 is 23.4 Å². The minimum absolute atomic E-state index is 0.0729. The van der Waals surface area contributed by atoms with Crippen LogP contribution in [0.15, 0.2) is 72.8 Å². The van der Waals surface area contributed by atoms with E-state index in [1.165, 1.54) is 5.56 Å². The molecule has 2 aliphatic heterocycles. The maximum Gasteiger partial charge on any atom is 0.251 e. The Kier molecular flexibility index (Phi) is 8.46. The molecule has 1 atom stereocenters. The van der Waals surface area contributed by atoms with Gasteiger partial charge in [-0.05, 0) is 46.5 Å². The van der Waals surface area contributed by atoms with Gasteiger partial charge in [0.2, 0.25) is 5.91 Å². The van der Waals surface area contributed by atoms with Gasteiger partial charge in [-0.2, -0.15) is 0 Å². The fourth-order valence-electron chi connectivity index (χ4n) is 4.55. The first kappa shape index (κ1) is 25.8. The molecule has 0 unspecified atom stereocenters. The molecule has 37 heavy (non-hydrogen) atoms. The number of carbonyl (C=O) groups is 2. The second-order valence-corrected chi connectivity index (χ2v) is 10.8. The van der Waals surface area contributed by atoms with Crippen molar-refractivity contribution >= 4 is 35.2 Å². The molecule has 6 nitrogen and oxygen atoms in total. The highest BCUT2D eigenvalue weighted by Crippen LogP contribution is 2.39. The van der Waals surface area contributed by atoms with Crippen LogP contribution in [-0.4, -0.2) is 53.7 Å². The monoisotopic (exact) mass is 535 g/mol. The highest BCUT2D eigenvalue weighted by molar-refractivity contribution is 8.00. The molecule has 0 radical (unpaired) electrons. The molecule has 1 N–H and O–H groups in total. The maximum atomic E-state index is 12.8. The molecule has 2 heterocycles. The maximum absolute atomic E-state index is 12.8. The molecule has 0 aromatic heterocycles. The van der Waals surface area contributed by atoms with Crippen molar-refractivity contribution in [1.82, 2.24) is 15.1 Å². The number of amides is 2. The van der Waals surface area contributed by atoms with E-state index in [2.05, 4.69) is 34.5 Å². The predicted octanol–water partition coefficient (Wildman–Crippen LogP) is 4.88. The van der Waals surface area contributed by atoms with Gasteiger partial charge in [0.15, 0.2) is 0 Å². The Morgan fingerprint density at radius 3 is 2.22 bits per heavy atom. The summed E-state index contributed by atoms with van der Waals surface area (Å²) in [5.74, 6) is 0.450. The van der Waals surface area contributed by atoms with Crippen LogP contribution in [0.5, 0.6) is 0 Å². The third kappa shape index (κ3) is 6.73. The molecule has 2 amide bonds. The van der Waals surface area contributed by atoms with Gasteiger partial charge in [-0.1, -0.05) is 60.1 Å². The summed E-state index contributed by atoms with van der Waals surface area (Å²) in [4.78, 5) is 29.6. The topological polar surface area (TPSA) is 61.9 Å². The number of benzene rings is 3. The van der Waals surface area contributed by atoms with Gasteiger partial charge in [0.1, 0.15) is 5.37 Å². The van der Waals surface area contributed by atoms with Crippen molar-refractivity contribution < 1.29 is 14.3 Å². The third-order valence-corrected chi connectivity index (χ3v) is 8.19. The van der Waals surface area contributed by atoms with E-state index in [1.807, 2.05) is 53.4 Å². The fraction of sp³-hybridized carbons (Fsp3) is 0.310. The van der Waals surface area contributed by atoms with Crippen LogP contribution in [0.1, 0.15) is 38.0 Å². The van der Waals surface area contributed by atoms with Gasteiger partial charge in [-0.25, -0.2) is 0 Å². The number of morpholine rings is 1. The Morgan fingerprint density at radius 2 is 1.51 bits per heavy atom. The van der Waals surface area contributed by atoms with Gasteiger partial charge < -0.3 is 15.0 Å². The molecule has 0 spiro atoms. The Morgan fingerprint density at radius 1 is 0.892 bits per heavy atom. The summed E-state index contributed by atoms with van der Waals surface area (Å²) in [6.45, 7) is 5.44. The normalized spacial score (nSPS) is 18.2. The highest BCUT2D eigenvalue weighted by Gasteiger charge is 2.32. The van der Waals surface area contributed by atoms with Crippen molar-refractivity contribution in [3.63, 3.8) is 0 Å². The number of rotatable bonds is 8. The lowest BCUT2D eigenvalue weighted by Gasteiger charge is -2.26. The van der Waals surface area contributed by atoms with Crippen LogP contribution in [0.3, 0.4) is 0 Å². The van der Waals surface area contributed by atoms with Crippen LogP contribution in [0.4, 0.5) is 0 Å². The molecule has 192 valence electrons. The van der Waals surface area contributed by atoms with Crippen molar-refractivity contribution in [3.05, 3.63) is 106 Å². The number of thioether (sulfide) groups is 1. The van der Waals surface area contributed by atoms with Crippen LogP contribution < -0.4 is 5.32 Å². The van der Waals surface area contributed by atoms with Gasteiger partial charge in [-0.3, -0.25) is 14.5 Å². The van der Waals surface area contributed by atoms with E-state index in [4.69, 9.17) is 16.3 Å². The molecule has 0 bridgehead atoms. The minimum atomic E-state index is -0.114. The van der Waals surface area contributed by atoms with Crippen molar-refractivity contribution in [3.8, 4) is 0 Å². The molecule has 8 heteroatoms. The average molecular weight is 536 g/mol. The summed E-state index contributed by atoms with van der Waals surface area (Å²) in [6, 6.07) is 23.5. The first-order valence-corrected chi connectivity index (χ1v) is 13.9. The van der Waals surface area contributed by atoms with E-state index in [9.17, 15) is 9.59 Å². The van der Waals surface area contributed by atoms with E-state index in [1.54, 1.807) is 11.8 Å². The molecule has 0 aliphatic carbocycles. The SMILES string of the molecule is O=C(NCc1ccc(CN2CCOCC2)cc1)c1ccc([C@@H]2SCC(=O)N2Cc2ccc(Cl)cc2)cc1. The number of nitrogens with one attached hydrogen (secondary N) is 1. The molecule has 0 saturated carbocycles. The Hall–Kier alpha value is -2.84. The Balaban J connectivity index is 1.15. The van der Waals surface area contributed by atoms with Gasteiger partial charge in [-0.15, -0.1) is 11.8 Å². The summed E-state index contributed by atoms with van der Waals surface area (Å²) < 4.78 is 5.41. The van der Waals surface area contributed by atoms with Crippen LogP contribution in [0.25, 0.3) is 0 Å². The zero-order chi connectivity index (χ0) is 25.6. The number of hydrogen-bond acceptors (Lipinski definition) is 5. The summed E-state index contributed by atoms with van der Waals surface area (Å²) in [5.41, 5.74) is 4.98. The predicted molar refractivity (Wildman–Crippen MR) is 147 cm³/mol. The summed E-state index contributed by atoms with van der Waals surface area (Å²) >= 11 is 7.60. The number of halogens is 1. The lowest BCUT2D eigenvalue weighted by Crippen LogP contribution is -2.35. The zero-order valence-electron chi connectivity index (χ0n) is 20.6. The number of ether oxygens (including phenoxy) is 1. The second kappa shape index (κ2) is 12.1. The van der Waals surface area contributed by atoms with Crippen LogP contribution in [0.2, 0.25) is 5.02 Å². The summed E-state index contributed by atoms with van der Waals surface area (Å²) in [7, 11) is 0. The van der Waals surface area contributed by atoms with Crippen LogP contribution in [-0.2, 0) is 29.2 Å². The van der Waals surface area contributed by atoms with Gasteiger partial charge in [0.25, 0.3) is 5.91 Å². The Bertz CT molecular complexity index is 1210. The standard InChI is InChI=1S/C29H30ClN3O3S/c30-26-11-5-23(6-12-26)19-33-27(34)20-37-29(33)25-9-7-24(8-10-25)28(35)31-17-21-1-3-22(4-2-21)18-32-13-15-36-16-14-32/h1-12,29H,13-20H2,(H,31,35)/t29-/m0/s1. The van der Waals surface area contributed by atoms with E-state index >= 15 is 0 Å². The lowest BCUT2D eigenvalue weighted by atomic mass is 10.1. The van der Waals surface area contributed by atoms with E-state index in [0.717, 1.165) is 49.5 Å². The third-order valence-electron chi connectivity index (χ3n) is 6.68. The molecular weight excluding hydrogens is 506 g/mol. The quantitative estimate of drug-likeness (QED) is 0.445. The first-order valence-electron chi connectivity index (χ1n) is 12.5. The molecule has 2 saturated heterocycles. The Labute approximate surface area is 226 Å². The lowest BCUT2D eigenvalue weighted by molar-refractivity contribution is -0.128. The average Bonchev–Trinajstić information content (AvgIpc) is 3.29. The molecule has 2 aliphatic rings. The second-order valence-electron chi connectivity index (χ2n) is 9.32. The molecule has 2 fully saturated rings. The first-order chi connectivity index (χ1) is 18.0.